The summed E-state index contributed by atoms with van der Waals surface area (Å²) in [5.41, 5.74) is 6.33. The van der Waals surface area contributed by atoms with Crippen LogP contribution in [0.5, 0.6) is 0 Å². The molecule has 0 aromatic heterocycles. The summed E-state index contributed by atoms with van der Waals surface area (Å²) in [7, 11) is 0. The third-order valence-corrected chi connectivity index (χ3v) is 6.15. The van der Waals surface area contributed by atoms with Gasteiger partial charge < -0.3 is 26.6 Å². The van der Waals surface area contributed by atoms with E-state index in [1.807, 2.05) is 17.1 Å². The number of amides is 3. The van der Waals surface area contributed by atoms with Gasteiger partial charge in [-0.1, -0.05) is 24.3 Å². The van der Waals surface area contributed by atoms with Gasteiger partial charge in [0.2, 0.25) is 11.8 Å². The zero-order valence-electron chi connectivity index (χ0n) is 18.9. The van der Waals surface area contributed by atoms with E-state index in [9.17, 15) is 14.4 Å². The van der Waals surface area contributed by atoms with E-state index in [1.54, 1.807) is 24.3 Å². The SMILES string of the molecule is N=C(N)N1CCC(CNC(=O)C2C/C=C/CCCCC(=O)Nc3ccccc3C(=O)N2)CC1. The number of likely N-dealkylation sites (tertiary alicyclic amines) is 1. The van der Waals surface area contributed by atoms with E-state index in [1.165, 1.54) is 0 Å². The van der Waals surface area contributed by atoms with E-state index in [4.69, 9.17) is 11.1 Å². The van der Waals surface area contributed by atoms with Crippen molar-refractivity contribution in [2.24, 2.45) is 11.7 Å². The summed E-state index contributed by atoms with van der Waals surface area (Å²) in [6, 6.07) is 6.12. The molecule has 0 bridgehead atoms. The summed E-state index contributed by atoms with van der Waals surface area (Å²) in [4.78, 5) is 40.0. The topological polar surface area (TPSA) is 140 Å². The largest absolute Gasteiger partial charge is 0.370 e. The molecule has 1 fully saturated rings. The highest BCUT2D eigenvalue weighted by atomic mass is 16.2. The molecule has 2 heterocycles. The standard InChI is InChI=1S/C24H34N6O3/c25-24(26)30-14-12-17(13-15-30)16-27-23(33)20-10-4-2-1-3-5-11-21(31)28-19-9-7-6-8-18(19)22(32)29-20/h2,4,6-9,17,20H,1,3,5,10-16H2,(H3,25,26)(H,27,33)(H,28,31)(H,29,32)/b4-2+. The van der Waals surface area contributed by atoms with Crippen molar-refractivity contribution in [2.75, 3.05) is 25.0 Å². The lowest BCUT2D eigenvalue weighted by molar-refractivity contribution is -0.123. The number of carbonyl (C=O) groups is 3. The minimum absolute atomic E-state index is 0.0863. The molecule has 1 unspecified atom stereocenters. The van der Waals surface area contributed by atoms with Crippen LogP contribution in [0.15, 0.2) is 36.4 Å². The van der Waals surface area contributed by atoms with Crippen LogP contribution in [0, 0.1) is 11.3 Å². The molecule has 1 aromatic carbocycles. The average molecular weight is 455 g/mol. The third kappa shape index (κ3) is 7.34. The van der Waals surface area contributed by atoms with Gasteiger partial charge in [0.25, 0.3) is 5.91 Å². The summed E-state index contributed by atoms with van der Waals surface area (Å²) in [5, 5.41) is 16.2. The molecule has 1 saturated heterocycles. The number of nitrogens with two attached hydrogens (primary N) is 1. The van der Waals surface area contributed by atoms with Crippen molar-refractivity contribution in [3.63, 3.8) is 0 Å². The van der Waals surface area contributed by atoms with Crippen molar-refractivity contribution >= 4 is 29.4 Å². The number of para-hydroxylation sites is 1. The Morgan fingerprint density at radius 3 is 2.67 bits per heavy atom. The highest BCUT2D eigenvalue weighted by molar-refractivity contribution is 6.05. The molecule has 9 heteroatoms. The number of piperidine rings is 1. The van der Waals surface area contributed by atoms with E-state index in [-0.39, 0.29) is 17.8 Å². The summed E-state index contributed by atoms with van der Waals surface area (Å²) in [5.74, 6) is -0.350. The van der Waals surface area contributed by atoms with Crippen molar-refractivity contribution in [3.05, 3.63) is 42.0 Å². The Morgan fingerprint density at radius 1 is 1.15 bits per heavy atom. The number of allylic oxidation sites excluding steroid dienone is 1. The lowest BCUT2D eigenvalue weighted by atomic mass is 9.97. The Hall–Kier alpha value is -3.36. The van der Waals surface area contributed by atoms with E-state index >= 15 is 0 Å². The number of rotatable bonds is 3. The average Bonchev–Trinajstić information content (AvgIpc) is 2.81. The first-order chi connectivity index (χ1) is 15.9. The molecule has 9 nitrogen and oxygen atoms in total. The van der Waals surface area contributed by atoms with Gasteiger partial charge in [-0.2, -0.15) is 0 Å². The van der Waals surface area contributed by atoms with E-state index < -0.39 is 11.9 Å². The molecule has 2 aliphatic rings. The van der Waals surface area contributed by atoms with Gasteiger partial charge in [0.1, 0.15) is 6.04 Å². The van der Waals surface area contributed by atoms with Crippen LogP contribution in [0.1, 0.15) is 55.3 Å². The molecule has 3 amide bonds. The molecule has 0 aliphatic carbocycles. The molecule has 1 aromatic rings. The van der Waals surface area contributed by atoms with Crippen LogP contribution in [0.4, 0.5) is 5.69 Å². The maximum atomic E-state index is 13.0. The van der Waals surface area contributed by atoms with Gasteiger partial charge in [-0.05, 0) is 56.6 Å². The van der Waals surface area contributed by atoms with Crippen LogP contribution in [-0.4, -0.2) is 54.3 Å². The Kier molecular flexibility index (Phi) is 8.86. The lowest BCUT2D eigenvalue weighted by Crippen LogP contribution is -2.49. The van der Waals surface area contributed by atoms with Crippen LogP contribution >= 0.6 is 0 Å². The first kappa shape index (κ1) is 24.3. The molecule has 6 N–H and O–H groups in total. The van der Waals surface area contributed by atoms with Crippen LogP contribution in [0.2, 0.25) is 0 Å². The first-order valence-electron chi connectivity index (χ1n) is 11.7. The van der Waals surface area contributed by atoms with Crippen molar-refractivity contribution in [1.29, 1.82) is 5.41 Å². The van der Waals surface area contributed by atoms with Crippen molar-refractivity contribution in [1.82, 2.24) is 15.5 Å². The fourth-order valence-electron chi connectivity index (χ4n) is 4.11. The van der Waals surface area contributed by atoms with E-state index in [0.29, 0.717) is 49.6 Å². The van der Waals surface area contributed by atoms with Crippen LogP contribution in [-0.2, 0) is 9.59 Å². The van der Waals surface area contributed by atoms with Gasteiger partial charge in [-0.25, -0.2) is 0 Å². The molecule has 178 valence electrons. The lowest BCUT2D eigenvalue weighted by Gasteiger charge is -2.32. The summed E-state index contributed by atoms with van der Waals surface area (Å²) in [6.07, 6.45) is 8.89. The van der Waals surface area contributed by atoms with Gasteiger partial charge in [0.05, 0.1) is 11.3 Å². The van der Waals surface area contributed by atoms with Crippen molar-refractivity contribution in [3.8, 4) is 0 Å². The number of guanidine groups is 1. The second kappa shape index (κ2) is 12.0. The highest BCUT2D eigenvalue weighted by Gasteiger charge is 2.25. The summed E-state index contributed by atoms with van der Waals surface area (Å²) >= 11 is 0. The number of carbonyl (C=O) groups excluding carboxylic acids is 3. The fraction of sp³-hybridized carbons (Fsp3) is 0.500. The molecule has 0 saturated carbocycles. The Morgan fingerprint density at radius 2 is 1.91 bits per heavy atom. The number of nitrogens with one attached hydrogen (secondary N) is 4. The van der Waals surface area contributed by atoms with Gasteiger partial charge in [-0.3, -0.25) is 19.8 Å². The third-order valence-electron chi connectivity index (χ3n) is 6.15. The van der Waals surface area contributed by atoms with Crippen LogP contribution in [0.25, 0.3) is 0 Å². The quantitative estimate of drug-likeness (QED) is 0.270. The Bertz CT molecular complexity index is 892. The highest BCUT2D eigenvalue weighted by Crippen LogP contribution is 2.18. The molecular formula is C24H34N6O3. The zero-order chi connectivity index (χ0) is 23.6. The zero-order valence-corrected chi connectivity index (χ0v) is 18.9. The monoisotopic (exact) mass is 454 g/mol. The number of hydrogen-bond acceptors (Lipinski definition) is 4. The maximum absolute atomic E-state index is 13.0. The van der Waals surface area contributed by atoms with Gasteiger partial charge in [0.15, 0.2) is 5.96 Å². The first-order valence-corrected chi connectivity index (χ1v) is 11.7. The number of hydrogen-bond donors (Lipinski definition) is 5. The van der Waals surface area contributed by atoms with E-state index in [2.05, 4.69) is 16.0 Å². The number of anilines is 1. The van der Waals surface area contributed by atoms with Crippen molar-refractivity contribution in [2.45, 2.75) is 51.0 Å². The Balaban J connectivity index is 1.65. The van der Waals surface area contributed by atoms with Gasteiger partial charge in [0, 0.05) is 26.1 Å². The smallest absolute Gasteiger partial charge is 0.254 e. The molecule has 3 rings (SSSR count). The minimum atomic E-state index is -0.710. The van der Waals surface area contributed by atoms with Crippen molar-refractivity contribution < 1.29 is 14.4 Å². The number of benzene rings is 1. The van der Waals surface area contributed by atoms with Gasteiger partial charge >= 0.3 is 0 Å². The second-order valence-corrected chi connectivity index (χ2v) is 8.63. The number of nitrogens with zero attached hydrogens (tertiary/aromatic N) is 1. The minimum Gasteiger partial charge on any atom is -0.370 e. The molecule has 33 heavy (non-hydrogen) atoms. The van der Waals surface area contributed by atoms with Gasteiger partial charge in [-0.15, -0.1) is 0 Å². The molecular weight excluding hydrogens is 420 g/mol. The van der Waals surface area contributed by atoms with Crippen LogP contribution in [0.3, 0.4) is 0 Å². The number of fused-ring (bicyclic) bond motifs is 1. The second-order valence-electron chi connectivity index (χ2n) is 8.63. The summed E-state index contributed by atoms with van der Waals surface area (Å²) < 4.78 is 0. The molecule has 0 radical (unpaired) electrons. The molecule has 1 atom stereocenters. The normalized spacial score (nSPS) is 21.7. The molecule has 0 spiro atoms. The predicted molar refractivity (Wildman–Crippen MR) is 128 cm³/mol. The fourth-order valence-corrected chi connectivity index (χ4v) is 4.11. The molecule has 2 aliphatic heterocycles. The van der Waals surface area contributed by atoms with Crippen LogP contribution < -0.4 is 21.7 Å². The predicted octanol–water partition coefficient (Wildman–Crippen LogP) is 1.97. The van der Waals surface area contributed by atoms with E-state index in [0.717, 1.165) is 32.1 Å². The summed E-state index contributed by atoms with van der Waals surface area (Å²) in [6.45, 7) is 1.94. The maximum Gasteiger partial charge on any atom is 0.254 e. The Labute approximate surface area is 194 Å².